The van der Waals surface area contributed by atoms with Crippen molar-refractivity contribution in [3.05, 3.63) is 44.1 Å². The quantitative estimate of drug-likeness (QED) is 0.00407. The first-order chi connectivity index (χ1) is 33.1. The molecule has 0 aromatic carbocycles. The van der Waals surface area contributed by atoms with Crippen molar-refractivity contribution in [3.63, 3.8) is 0 Å². The van der Waals surface area contributed by atoms with Crippen LogP contribution in [0.1, 0.15) is 44.7 Å². The average Bonchev–Trinajstić information content (AvgIpc) is 3.99. The number of aromatic nitrogens is 3. The number of Topliss-reactive ketones (excluding diaryl/α,β-unsaturated/α-hetero) is 1. The number of likely N-dealkylation sites (tertiary alicyclic amines) is 1. The summed E-state index contributed by atoms with van der Waals surface area (Å²) in [5.74, 6) is -4.07. The van der Waals surface area contributed by atoms with Crippen LogP contribution in [0.25, 0.3) is 0 Å². The summed E-state index contributed by atoms with van der Waals surface area (Å²) >= 11 is 0.180. The minimum absolute atomic E-state index is 0. The van der Waals surface area contributed by atoms with Crippen LogP contribution in [-0.2, 0) is 85.3 Å². The molecule has 73 heavy (non-hydrogen) atoms. The van der Waals surface area contributed by atoms with Gasteiger partial charge in [0, 0.05) is 25.9 Å². The smallest absolute Gasteiger partial charge is 0.726 e. The summed E-state index contributed by atoms with van der Waals surface area (Å²) in [6.07, 6.45) is -10.3. The summed E-state index contributed by atoms with van der Waals surface area (Å²) < 4.78 is 74.0. The van der Waals surface area contributed by atoms with Crippen molar-refractivity contribution in [3.8, 4) is 0 Å². The molecular formula is C39H56N6Na3O23S2-. The third-order valence-corrected chi connectivity index (χ3v) is 11.7. The van der Waals surface area contributed by atoms with Gasteiger partial charge < -0.3 is 85.2 Å². The number of carbonyl (C=O) groups excluding carboxylic acids is 5. The van der Waals surface area contributed by atoms with Gasteiger partial charge in [-0.1, -0.05) is 17.4 Å². The average molecular weight is 1110 g/mol. The number of aliphatic hydroxyl groups excluding tert-OH is 4. The van der Waals surface area contributed by atoms with Crippen LogP contribution in [0.2, 0.25) is 0 Å². The van der Waals surface area contributed by atoms with Crippen molar-refractivity contribution in [2.45, 2.75) is 126 Å². The molecule has 4 aliphatic rings. The second-order valence-electron chi connectivity index (χ2n) is 16.1. The Bertz CT molecular complexity index is 2010. The maximum atomic E-state index is 13.1. The zero-order chi connectivity index (χ0) is 51.9. The molecule has 5 rings (SSSR count). The Morgan fingerprint density at radius 3 is 2.12 bits per heavy atom. The molecule has 0 bridgehead atoms. The standard InChI is InChI=1S/C39H57N6O19S.3Na.H2O4S/c1-5-23-26-27(24(6-2)60-23)36(53)45(35(26)52)13-9-7-8-12-43(25(47)11-10-20(3)46)18-22-19-44(42-40-22)14-15-57-16-17-58-39-32(51)31(50)33(34(62-39)37(54)55)61-38-28(41-65-64-63-56)30(49)29(48)21(4)59-38;;;;1-5(2,3)4/h5-6,19,21,23-24,26-34,38-39,41,48-51,56H,1-2,4,7-18H2,3H3,(H,54,55);;;;(H2,1,2,3,4)/q-1;3*+1;/p-3/t21?,23-,24+,26+,27-,28?,29-,30-,31-,32?,33+,34?,38-,39-;;;;/m1..../s1. The summed E-state index contributed by atoms with van der Waals surface area (Å²) in [5.41, 5.74) is 0.468. The fourth-order valence-corrected chi connectivity index (χ4v) is 8.28. The van der Waals surface area contributed by atoms with Gasteiger partial charge in [-0.15, -0.1) is 18.3 Å². The monoisotopic (exact) mass is 1110 g/mol. The van der Waals surface area contributed by atoms with Gasteiger partial charge >= 0.3 is 88.7 Å². The van der Waals surface area contributed by atoms with E-state index in [9.17, 15) is 54.8 Å². The van der Waals surface area contributed by atoms with Crippen molar-refractivity contribution in [1.29, 1.82) is 0 Å². The summed E-state index contributed by atoms with van der Waals surface area (Å²) in [6.45, 7) is 13.0. The van der Waals surface area contributed by atoms with Crippen LogP contribution in [0.4, 0.5) is 0 Å². The van der Waals surface area contributed by atoms with Gasteiger partial charge in [0.15, 0.2) is 12.6 Å². The fourth-order valence-electron chi connectivity index (χ4n) is 7.86. The maximum absolute atomic E-state index is 13.1. The Morgan fingerprint density at radius 1 is 0.918 bits per heavy atom. The number of aliphatic hydroxyl groups is 4. The van der Waals surface area contributed by atoms with Gasteiger partial charge in [-0.25, -0.2) is 17.8 Å². The number of unbranched alkanes of at least 4 members (excludes halogenated alkanes) is 2. The summed E-state index contributed by atoms with van der Waals surface area (Å²) in [4.78, 5) is 65.9. The van der Waals surface area contributed by atoms with Crippen LogP contribution in [0, 0.1) is 18.8 Å². The Labute approximate surface area is 490 Å². The van der Waals surface area contributed by atoms with Crippen molar-refractivity contribution in [1.82, 2.24) is 29.5 Å². The number of fused-ring (bicyclic) bond motifs is 1. The number of nitrogens with one attached hydrogen (secondary N) is 1. The molecule has 0 spiro atoms. The van der Waals surface area contributed by atoms with Gasteiger partial charge in [0.05, 0.1) is 81.3 Å². The number of amides is 3. The van der Waals surface area contributed by atoms with Gasteiger partial charge in [-0.2, -0.15) is 4.33 Å². The van der Waals surface area contributed by atoms with Gasteiger partial charge in [0.25, 0.3) is 0 Å². The number of hydrogen-bond acceptors (Lipinski definition) is 26. The van der Waals surface area contributed by atoms with Crippen LogP contribution in [-0.4, -0.2) is 199 Å². The minimum atomic E-state index is -4.92. The Balaban J connectivity index is 0.00000317. The number of carboxylic acids is 1. The third-order valence-electron chi connectivity index (χ3n) is 11.3. The van der Waals surface area contributed by atoms with E-state index < -0.39 is 102 Å². The van der Waals surface area contributed by atoms with Crippen LogP contribution in [0.5, 0.6) is 0 Å². The number of ether oxygens (including phenoxy) is 6. The molecule has 1 aromatic rings. The predicted molar refractivity (Wildman–Crippen MR) is 224 cm³/mol. The first-order valence-corrected chi connectivity index (χ1v) is 23.6. The molecule has 1 aromatic heterocycles. The zero-order valence-corrected chi connectivity index (χ0v) is 48.2. The van der Waals surface area contributed by atoms with Crippen molar-refractivity contribution in [2.24, 2.45) is 11.8 Å². The van der Waals surface area contributed by atoms with E-state index in [1.54, 1.807) is 11.1 Å². The molecule has 396 valence electrons. The molecular weight excluding hydrogens is 1050 g/mol. The van der Waals surface area contributed by atoms with Crippen molar-refractivity contribution >= 4 is 52.1 Å². The predicted octanol–water partition coefficient (Wildman–Crippen LogP) is -14.5. The van der Waals surface area contributed by atoms with E-state index >= 15 is 0 Å². The normalized spacial score (nSPS) is 29.6. The Hall–Kier alpha value is -0.970. The number of aliphatic carboxylic acids is 1. The first-order valence-electron chi connectivity index (χ1n) is 21.5. The summed E-state index contributed by atoms with van der Waals surface area (Å²) in [7, 11) is -4.92. The van der Waals surface area contributed by atoms with Crippen molar-refractivity contribution in [2.75, 3.05) is 32.9 Å². The number of carbonyl (C=O) groups is 5. The number of hydrogen-bond donors (Lipinski definition) is 6. The SMILES string of the molecule is C=C[C@@H]1O[C@H](C=C)[C@@H]2C(=O)N(CCCCCN(Cc3cn(CCOCCO[C@@H]4OC(C(=O)[O-])[C@@H](O[C@H]5OC([CH2-])[C@@H](O)[C@H](O)C5NSOO[O-])[C@H](O)C4O)nn3)C(=O)CCC(C)=O)C(=O)[C@@H]21.O=S(=O)([O-])O.[Na+].[Na+].[Na+]. The van der Waals surface area contributed by atoms with E-state index in [1.807, 2.05) is 0 Å². The van der Waals surface area contributed by atoms with Crippen LogP contribution in [0.3, 0.4) is 0 Å². The van der Waals surface area contributed by atoms with Gasteiger partial charge in [0.2, 0.25) is 28.1 Å². The van der Waals surface area contributed by atoms with Gasteiger partial charge in [-0.3, -0.25) is 28.9 Å². The molecule has 3 amide bonds. The van der Waals surface area contributed by atoms with E-state index in [-0.39, 0.29) is 177 Å². The number of rotatable bonds is 27. The summed E-state index contributed by atoms with van der Waals surface area (Å²) in [5, 5.41) is 76.0. The molecule has 4 unspecified atom stereocenters. The maximum Gasteiger partial charge on any atom is 1.00 e. The molecule has 6 N–H and O–H groups in total. The number of carboxylic acid groups (broad SMARTS) is 1. The van der Waals surface area contributed by atoms with Gasteiger partial charge in [-0.05, 0) is 32.3 Å². The molecule has 5 heterocycles. The molecule has 34 heteroatoms. The van der Waals surface area contributed by atoms with E-state index in [1.165, 1.54) is 28.7 Å². The molecule has 0 saturated carbocycles. The molecule has 0 radical (unpaired) electrons. The van der Waals surface area contributed by atoms with Crippen molar-refractivity contribution < 1.29 is 199 Å². The van der Waals surface area contributed by atoms with Crippen LogP contribution < -0.4 is 104 Å². The largest absolute Gasteiger partial charge is 1.00 e. The topological polar surface area (TPSA) is 413 Å². The van der Waals surface area contributed by atoms with E-state index in [0.717, 1.165) is 0 Å². The number of nitrogens with zero attached hydrogens (tertiary/aromatic N) is 5. The number of ketones is 1. The third kappa shape index (κ3) is 21.0. The van der Waals surface area contributed by atoms with E-state index in [4.69, 9.17) is 45.9 Å². The second kappa shape index (κ2) is 34.1. The van der Waals surface area contributed by atoms with E-state index in [0.29, 0.717) is 31.5 Å². The fraction of sp³-hybridized carbons (Fsp3) is 0.692. The minimum Gasteiger partial charge on any atom is -0.726 e. The van der Waals surface area contributed by atoms with E-state index in [2.05, 4.69) is 44.5 Å². The Kier molecular flexibility index (Phi) is 32.7. The molecule has 0 aliphatic carbocycles. The molecule has 4 fully saturated rings. The second-order valence-corrected chi connectivity index (χ2v) is 17.5. The summed E-state index contributed by atoms with van der Waals surface area (Å²) in [6, 6.07) is -1.42. The number of imide groups is 1. The molecule has 4 aliphatic heterocycles. The molecule has 29 nitrogen and oxygen atoms in total. The molecule has 4 saturated heterocycles. The Morgan fingerprint density at radius 2 is 1.55 bits per heavy atom. The van der Waals surface area contributed by atoms with Crippen LogP contribution in [0.15, 0.2) is 31.5 Å². The van der Waals surface area contributed by atoms with Crippen LogP contribution >= 0.6 is 12.2 Å². The first kappa shape index (κ1) is 70.0. The zero-order valence-electron chi connectivity index (χ0n) is 40.6. The molecule has 14 atom stereocenters. The van der Waals surface area contributed by atoms with Gasteiger partial charge in [0.1, 0.15) is 54.2 Å².